The van der Waals surface area contributed by atoms with E-state index in [1.165, 1.54) is 12.1 Å². The molecular formula is C12H12F3NO. The monoisotopic (exact) mass is 243 g/mol. The van der Waals surface area contributed by atoms with Crippen LogP contribution in [0.25, 0.3) is 0 Å². The minimum atomic E-state index is -4.65. The smallest absolute Gasteiger partial charge is 0.406 e. The molecule has 1 heterocycles. The van der Waals surface area contributed by atoms with Crippen LogP contribution in [0.15, 0.2) is 23.2 Å². The van der Waals surface area contributed by atoms with Gasteiger partial charge < -0.3 is 4.74 Å². The Bertz CT molecular complexity index is 452. The molecule has 5 heteroatoms. The number of benzene rings is 1. The van der Waals surface area contributed by atoms with Crippen molar-refractivity contribution in [1.29, 1.82) is 0 Å². The molecule has 0 aromatic heterocycles. The highest BCUT2D eigenvalue weighted by molar-refractivity contribution is 5.81. The van der Waals surface area contributed by atoms with E-state index in [0.717, 1.165) is 11.3 Å². The van der Waals surface area contributed by atoms with Gasteiger partial charge in [-0.05, 0) is 29.7 Å². The van der Waals surface area contributed by atoms with E-state index >= 15 is 0 Å². The fraction of sp³-hybridized carbons (Fsp3) is 0.417. The fourth-order valence-electron chi connectivity index (χ4n) is 1.89. The van der Waals surface area contributed by atoms with Crippen molar-refractivity contribution in [3.63, 3.8) is 0 Å². The topological polar surface area (TPSA) is 21.6 Å². The summed E-state index contributed by atoms with van der Waals surface area (Å²) in [6.45, 7) is 4.01. The van der Waals surface area contributed by atoms with Gasteiger partial charge in [0.25, 0.3) is 0 Å². The fourth-order valence-corrected chi connectivity index (χ4v) is 1.89. The summed E-state index contributed by atoms with van der Waals surface area (Å²) >= 11 is 0. The predicted molar refractivity (Wildman–Crippen MR) is 58.9 cm³/mol. The van der Waals surface area contributed by atoms with Crippen molar-refractivity contribution in [3.8, 4) is 5.75 Å². The molecule has 1 aliphatic heterocycles. The number of rotatable bonds is 2. The minimum absolute atomic E-state index is 0.0572. The molecule has 0 saturated heterocycles. The molecule has 0 spiro atoms. The second kappa shape index (κ2) is 4.05. The van der Waals surface area contributed by atoms with Gasteiger partial charge in [0.2, 0.25) is 0 Å². The van der Waals surface area contributed by atoms with Crippen molar-refractivity contribution >= 4 is 11.9 Å². The lowest BCUT2D eigenvalue weighted by Crippen LogP contribution is -2.17. The molecule has 0 bridgehead atoms. The number of halogens is 3. The van der Waals surface area contributed by atoms with Crippen LogP contribution in [0.4, 0.5) is 18.9 Å². The first kappa shape index (κ1) is 12.0. The molecular weight excluding hydrogens is 231 g/mol. The van der Waals surface area contributed by atoms with Crippen LogP contribution < -0.4 is 4.74 Å². The van der Waals surface area contributed by atoms with E-state index in [1.807, 2.05) is 13.8 Å². The number of aliphatic imine (C=N–C) groups is 1. The maximum absolute atomic E-state index is 12.1. The normalized spacial score (nSPS) is 18.6. The molecule has 0 aliphatic carbocycles. The second-order valence-corrected chi connectivity index (χ2v) is 4.32. The van der Waals surface area contributed by atoms with Crippen LogP contribution in [0.5, 0.6) is 5.75 Å². The van der Waals surface area contributed by atoms with Gasteiger partial charge in [-0.2, -0.15) is 0 Å². The molecule has 0 amide bonds. The van der Waals surface area contributed by atoms with Gasteiger partial charge in [0.15, 0.2) is 0 Å². The molecule has 1 unspecified atom stereocenters. The molecule has 92 valence electrons. The highest BCUT2D eigenvalue weighted by Crippen LogP contribution is 2.39. The minimum Gasteiger partial charge on any atom is -0.406 e. The third kappa shape index (κ3) is 2.60. The zero-order valence-corrected chi connectivity index (χ0v) is 9.45. The van der Waals surface area contributed by atoms with Gasteiger partial charge in [-0.1, -0.05) is 13.8 Å². The predicted octanol–water partition coefficient (Wildman–Crippen LogP) is 4.04. The molecule has 0 N–H and O–H groups in total. The number of fused-ring (bicyclic) bond motifs is 1. The van der Waals surface area contributed by atoms with E-state index in [-0.39, 0.29) is 11.7 Å². The number of alkyl halides is 3. The number of nitrogens with zero attached hydrogens (tertiary/aromatic N) is 1. The summed E-state index contributed by atoms with van der Waals surface area (Å²) in [6, 6.07) is 4.25. The first-order chi connectivity index (χ1) is 7.87. The van der Waals surface area contributed by atoms with E-state index < -0.39 is 6.36 Å². The molecule has 0 fully saturated rings. The van der Waals surface area contributed by atoms with Crippen molar-refractivity contribution < 1.29 is 17.9 Å². The zero-order valence-electron chi connectivity index (χ0n) is 9.45. The molecule has 2 nitrogen and oxygen atoms in total. The summed E-state index contributed by atoms with van der Waals surface area (Å²) in [5.74, 6) is 0.162. The Morgan fingerprint density at radius 2 is 2.00 bits per heavy atom. The lowest BCUT2D eigenvalue weighted by Gasteiger charge is -2.15. The lowest BCUT2D eigenvalue weighted by atomic mass is 9.90. The van der Waals surface area contributed by atoms with E-state index in [2.05, 4.69) is 9.73 Å². The van der Waals surface area contributed by atoms with Crippen LogP contribution in [-0.4, -0.2) is 12.6 Å². The summed E-state index contributed by atoms with van der Waals surface area (Å²) in [7, 11) is 0. The Balaban J connectivity index is 2.29. The Morgan fingerprint density at radius 3 is 2.59 bits per heavy atom. The summed E-state index contributed by atoms with van der Waals surface area (Å²) in [5.41, 5.74) is 1.51. The molecule has 17 heavy (non-hydrogen) atoms. The summed E-state index contributed by atoms with van der Waals surface area (Å²) in [4.78, 5) is 4.18. The van der Waals surface area contributed by atoms with Crippen LogP contribution >= 0.6 is 0 Å². The highest BCUT2D eigenvalue weighted by Gasteiger charge is 2.32. The van der Waals surface area contributed by atoms with Crippen molar-refractivity contribution in [1.82, 2.24) is 0 Å². The molecule has 1 aromatic rings. The van der Waals surface area contributed by atoms with Crippen molar-refractivity contribution in [2.24, 2.45) is 10.9 Å². The zero-order chi connectivity index (χ0) is 12.6. The third-order valence-corrected chi connectivity index (χ3v) is 2.68. The van der Waals surface area contributed by atoms with Crippen LogP contribution in [0, 0.1) is 5.92 Å². The first-order valence-corrected chi connectivity index (χ1v) is 5.31. The number of hydrogen-bond acceptors (Lipinski definition) is 2. The Kier molecular flexibility index (Phi) is 2.85. The largest absolute Gasteiger partial charge is 0.573 e. The van der Waals surface area contributed by atoms with E-state index in [1.54, 1.807) is 12.3 Å². The molecule has 0 saturated carbocycles. The maximum atomic E-state index is 12.1. The van der Waals surface area contributed by atoms with Crippen molar-refractivity contribution in [2.45, 2.75) is 26.1 Å². The lowest BCUT2D eigenvalue weighted by molar-refractivity contribution is -0.274. The highest BCUT2D eigenvalue weighted by atomic mass is 19.4. The Hall–Kier alpha value is -1.52. The number of ether oxygens (including phenoxy) is 1. The average Bonchev–Trinajstić information content (AvgIpc) is 2.57. The molecule has 1 aromatic carbocycles. The average molecular weight is 243 g/mol. The SMILES string of the molecule is CC(C)C1C=Nc2ccc(OC(F)(F)F)cc21. The van der Waals surface area contributed by atoms with Gasteiger partial charge in [0, 0.05) is 12.1 Å². The van der Waals surface area contributed by atoms with Crippen LogP contribution in [0.3, 0.4) is 0 Å². The molecule has 0 radical (unpaired) electrons. The van der Waals surface area contributed by atoms with E-state index in [0.29, 0.717) is 5.92 Å². The second-order valence-electron chi connectivity index (χ2n) is 4.32. The summed E-state index contributed by atoms with van der Waals surface area (Å²) < 4.78 is 40.2. The molecule has 1 atom stereocenters. The number of hydrogen-bond donors (Lipinski definition) is 0. The van der Waals surface area contributed by atoms with E-state index in [9.17, 15) is 13.2 Å². The van der Waals surface area contributed by atoms with E-state index in [4.69, 9.17) is 0 Å². The maximum Gasteiger partial charge on any atom is 0.573 e. The Morgan fingerprint density at radius 1 is 1.29 bits per heavy atom. The van der Waals surface area contributed by atoms with Crippen LogP contribution in [-0.2, 0) is 0 Å². The Labute approximate surface area is 97.1 Å². The van der Waals surface area contributed by atoms with Gasteiger partial charge in [0.05, 0.1) is 5.69 Å². The van der Waals surface area contributed by atoms with Crippen molar-refractivity contribution in [3.05, 3.63) is 23.8 Å². The van der Waals surface area contributed by atoms with Crippen LogP contribution in [0.2, 0.25) is 0 Å². The quantitative estimate of drug-likeness (QED) is 0.768. The summed E-state index contributed by atoms with van der Waals surface area (Å²) in [5, 5.41) is 0. The first-order valence-electron chi connectivity index (χ1n) is 5.31. The molecule has 2 rings (SSSR count). The van der Waals surface area contributed by atoms with Crippen LogP contribution in [0.1, 0.15) is 25.3 Å². The van der Waals surface area contributed by atoms with Gasteiger partial charge >= 0.3 is 6.36 Å². The standard InChI is InChI=1S/C12H12F3NO/c1-7(2)10-6-16-11-4-3-8(5-9(10)11)17-12(13,14)15/h3-7,10H,1-2H3. The van der Waals surface area contributed by atoms with Gasteiger partial charge in [-0.3, -0.25) is 4.99 Å². The third-order valence-electron chi connectivity index (χ3n) is 2.68. The van der Waals surface area contributed by atoms with Gasteiger partial charge in [0.1, 0.15) is 5.75 Å². The molecule has 1 aliphatic rings. The van der Waals surface area contributed by atoms with Gasteiger partial charge in [-0.25, -0.2) is 0 Å². The van der Waals surface area contributed by atoms with Crippen molar-refractivity contribution in [2.75, 3.05) is 0 Å². The summed E-state index contributed by atoms with van der Waals surface area (Å²) in [6.07, 6.45) is -2.88. The van der Waals surface area contributed by atoms with Gasteiger partial charge in [-0.15, -0.1) is 13.2 Å².